The Morgan fingerprint density at radius 3 is 2.82 bits per heavy atom. The van der Waals surface area contributed by atoms with Gasteiger partial charge in [-0.3, -0.25) is 0 Å². The Hall–Kier alpha value is -1.68. The van der Waals surface area contributed by atoms with Crippen molar-refractivity contribution < 1.29 is 4.39 Å². The van der Waals surface area contributed by atoms with Gasteiger partial charge in [-0.25, -0.2) is 9.37 Å². The molecule has 84 valence electrons. The summed E-state index contributed by atoms with van der Waals surface area (Å²) >= 11 is 2.05. The van der Waals surface area contributed by atoms with Gasteiger partial charge in [0.25, 0.3) is 0 Å². The average molecular weight is 339 g/mol. The minimum atomic E-state index is -0.271. The van der Waals surface area contributed by atoms with Crippen LogP contribution in [0.5, 0.6) is 0 Å². The van der Waals surface area contributed by atoms with Crippen molar-refractivity contribution in [1.82, 2.24) is 4.98 Å². The van der Waals surface area contributed by atoms with Crippen molar-refractivity contribution >= 4 is 34.0 Å². The van der Waals surface area contributed by atoms with Crippen molar-refractivity contribution in [2.45, 2.75) is 0 Å². The number of pyridine rings is 1. The van der Waals surface area contributed by atoms with Crippen LogP contribution in [0.2, 0.25) is 0 Å². The van der Waals surface area contributed by atoms with Crippen molar-refractivity contribution in [2.24, 2.45) is 0 Å². The first-order valence-electron chi connectivity index (χ1n) is 4.77. The van der Waals surface area contributed by atoms with Crippen LogP contribution in [-0.2, 0) is 0 Å². The smallest absolute Gasteiger partial charge is 0.142 e. The van der Waals surface area contributed by atoms with E-state index < -0.39 is 0 Å². The van der Waals surface area contributed by atoms with Crippen LogP contribution in [0.3, 0.4) is 0 Å². The number of halogens is 2. The van der Waals surface area contributed by atoms with Gasteiger partial charge in [0.2, 0.25) is 0 Å². The topological polar surface area (TPSA) is 48.7 Å². The van der Waals surface area contributed by atoms with Crippen LogP contribution >= 0.6 is 22.6 Å². The molecule has 2 rings (SSSR count). The average Bonchev–Trinajstić information content (AvgIpc) is 2.33. The molecule has 0 aliphatic heterocycles. The van der Waals surface area contributed by atoms with Crippen LogP contribution in [0, 0.1) is 20.7 Å². The summed E-state index contributed by atoms with van der Waals surface area (Å²) < 4.78 is 13.7. The highest BCUT2D eigenvalue weighted by Gasteiger charge is 2.02. The van der Waals surface area contributed by atoms with Gasteiger partial charge in [-0.05, 0) is 52.9 Å². The van der Waals surface area contributed by atoms with Gasteiger partial charge < -0.3 is 5.32 Å². The molecule has 0 fully saturated rings. The minimum Gasteiger partial charge on any atom is -0.355 e. The molecule has 0 bridgehead atoms. The highest BCUT2D eigenvalue weighted by atomic mass is 127. The molecule has 0 amide bonds. The van der Waals surface area contributed by atoms with Crippen LogP contribution in [0.1, 0.15) is 5.69 Å². The summed E-state index contributed by atoms with van der Waals surface area (Å²) in [7, 11) is 0. The lowest BCUT2D eigenvalue weighted by Crippen LogP contribution is -1.95. The Morgan fingerprint density at radius 2 is 2.12 bits per heavy atom. The Morgan fingerprint density at radius 1 is 1.29 bits per heavy atom. The molecule has 1 aromatic carbocycles. The lowest BCUT2D eigenvalue weighted by atomic mass is 10.2. The van der Waals surface area contributed by atoms with Crippen molar-refractivity contribution in [3.05, 3.63) is 51.6 Å². The van der Waals surface area contributed by atoms with E-state index in [4.69, 9.17) is 5.26 Å². The summed E-state index contributed by atoms with van der Waals surface area (Å²) in [6, 6.07) is 9.83. The molecule has 0 aliphatic rings. The van der Waals surface area contributed by atoms with Crippen LogP contribution in [0.4, 0.5) is 15.8 Å². The highest BCUT2D eigenvalue weighted by molar-refractivity contribution is 14.1. The fourth-order valence-corrected chi connectivity index (χ4v) is 1.93. The maximum absolute atomic E-state index is 12.9. The van der Waals surface area contributed by atoms with Crippen molar-refractivity contribution in [1.29, 1.82) is 5.26 Å². The maximum Gasteiger partial charge on any atom is 0.142 e. The Balaban J connectivity index is 2.28. The van der Waals surface area contributed by atoms with Crippen LogP contribution < -0.4 is 5.32 Å². The third-order valence-electron chi connectivity index (χ3n) is 2.08. The fraction of sp³-hybridized carbons (Fsp3) is 0. The zero-order chi connectivity index (χ0) is 12.3. The van der Waals surface area contributed by atoms with E-state index in [0.717, 1.165) is 14.9 Å². The molecular weight excluding hydrogens is 332 g/mol. The number of nitrogens with zero attached hydrogens (tertiary/aromatic N) is 2. The van der Waals surface area contributed by atoms with E-state index in [-0.39, 0.29) is 5.82 Å². The first-order valence-corrected chi connectivity index (χ1v) is 5.85. The van der Waals surface area contributed by atoms with Crippen LogP contribution in [0.25, 0.3) is 0 Å². The Labute approximate surface area is 111 Å². The van der Waals surface area contributed by atoms with E-state index in [1.807, 2.05) is 28.7 Å². The quantitative estimate of drug-likeness (QED) is 0.853. The number of hydrogen-bond donors (Lipinski definition) is 1. The number of hydrogen-bond acceptors (Lipinski definition) is 3. The molecule has 1 N–H and O–H groups in total. The van der Waals surface area contributed by atoms with Gasteiger partial charge in [-0.2, -0.15) is 5.26 Å². The molecule has 0 aliphatic carbocycles. The monoisotopic (exact) mass is 339 g/mol. The largest absolute Gasteiger partial charge is 0.355 e. The predicted octanol–water partition coefficient (Wildman–Crippen LogP) is 3.44. The van der Waals surface area contributed by atoms with Gasteiger partial charge in [-0.1, -0.05) is 0 Å². The third-order valence-corrected chi connectivity index (χ3v) is 2.98. The summed E-state index contributed by atoms with van der Waals surface area (Å²) in [6.07, 6.45) is 1.55. The molecule has 0 saturated carbocycles. The number of anilines is 2. The van der Waals surface area contributed by atoms with Gasteiger partial charge in [0, 0.05) is 15.5 Å². The number of rotatable bonds is 2. The van der Waals surface area contributed by atoms with E-state index in [0.29, 0.717) is 5.69 Å². The summed E-state index contributed by atoms with van der Waals surface area (Å²) in [6.45, 7) is 0. The second kappa shape index (κ2) is 5.10. The molecule has 3 nitrogen and oxygen atoms in total. The molecular formula is C12H7FIN3. The number of nitriles is 1. The van der Waals surface area contributed by atoms with E-state index in [1.54, 1.807) is 24.4 Å². The zero-order valence-corrected chi connectivity index (χ0v) is 10.8. The number of benzene rings is 1. The molecule has 1 aromatic heterocycles. The summed E-state index contributed by atoms with van der Waals surface area (Å²) in [5, 5.41) is 11.8. The van der Waals surface area contributed by atoms with Crippen LogP contribution in [-0.4, -0.2) is 4.98 Å². The number of nitrogens with one attached hydrogen (secondary N) is 1. The van der Waals surface area contributed by atoms with E-state index in [1.165, 1.54) is 12.1 Å². The Kier molecular flexibility index (Phi) is 3.54. The van der Waals surface area contributed by atoms with Gasteiger partial charge in [0.05, 0.1) is 5.69 Å². The van der Waals surface area contributed by atoms with Crippen molar-refractivity contribution in [3.63, 3.8) is 0 Å². The van der Waals surface area contributed by atoms with Gasteiger partial charge in [0.15, 0.2) is 0 Å². The van der Waals surface area contributed by atoms with E-state index in [9.17, 15) is 4.39 Å². The fourth-order valence-electron chi connectivity index (χ4n) is 1.32. The lowest BCUT2D eigenvalue weighted by Gasteiger charge is -2.08. The first-order chi connectivity index (χ1) is 8.19. The Bertz CT molecular complexity index is 593. The zero-order valence-electron chi connectivity index (χ0n) is 8.61. The molecule has 1 heterocycles. The molecule has 0 atom stereocenters. The van der Waals surface area contributed by atoms with Crippen molar-refractivity contribution in [2.75, 3.05) is 5.32 Å². The molecule has 0 saturated heterocycles. The standard InChI is InChI=1S/C12H7FIN3/c13-8-1-2-12(11(14)5-8)17-9-3-4-16-10(6-9)7-15/h1-6H,(H,16,17). The van der Waals surface area contributed by atoms with Crippen molar-refractivity contribution in [3.8, 4) is 6.07 Å². The van der Waals surface area contributed by atoms with Gasteiger partial charge in [-0.15, -0.1) is 0 Å². The predicted molar refractivity (Wildman–Crippen MR) is 71.4 cm³/mol. The third kappa shape index (κ3) is 2.91. The highest BCUT2D eigenvalue weighted by Crippen LogP contribution is 2.23. The minimum absolute atomic E-state index is 0.271. The van der Waals surface area contributed by atoms with Gasteiger partial charge in [0.1, 0.15) is 17.6 Å². The maximum atomic E-state index is 12.9. The normalized spacial score (nSPS) is 9.71. The molecule has 0 spiro atoms. The second-order valence-corrected chi connectivity index (χ2v) is 4.45. The molecule has 17 heavy (non-hydrogen) atoms. The van der Waals surface area contributed by atoms with E-state index >= 15 is 0 Å². The lowest BCUT2D eigenvalue weighted by molar-refractivity contribution is 0.627. The summed E-state index contributed by atoms with van der Waals surface area (Å²) in [5.41, 5.74) is 1.88. The van der Waals surface area contributed by atoms with E-state index in [2.05, 4.69) is 10.3 Å². The molecule has 5 heteroatoms. The van der Waals surface area contributed by atoms with Gasteiger partial charge >= 0.3 is 0 Å². The molecule has 0 radical (unpaired) electrons. The SMILES string of the molecule is N#Cc1cc(Nc2ccc(F)cc2I)ccn1. The molecule has 2 aromatic rings. The number of aromatic nitrogens is 1. The second-order valence-electron chi connectivity index (χ2n) is 3.29. The summed E-state index contributed by atoms with van der Waals surface area (Å²) in [4.78, 5) is 3.87. The molecule has 0 unspecified atom stereocenters. The first kappa shape index (κ1) is 11.8. The summed E-state index contributed by atoms with van der Waals surface area (Å²) in [5.74, 6) is -0.271. The van der Waals surface area contributed by atoms with Crippen LogP contribution in [0.15, 0.2) is 36.5 Å².